The van der Waals surface area contributed by atoms with Gasteiger partial charge in [0.25, 0.3) is 5.91 Å². The zero-order chi connectivity index (χ0) is 19.6. The Morgan fingerprint density at radius 2 is 1.81 bits per heavy atom. The van der Waals surface area contributed by atoms with Gasteiger partial charge < -0.3 is 19.3 Å². The number of anilines is 1. The van der Waals surface area contributed by atoms with Crippen LogP contribution in [0, 0.1) is 0 Å². The molecule has 0 N–H and O–H groups in total. The van der Waals surface area contributed by atoms with Crippen molar-refractivity contribution in [3.05, 3.63) is 53.1 Å². The third-order valence-corrected chi connectivity index (χ3v) is 4.90. The summed E-state index contributed by atoms with van der Waals surface area (Å²) in [5.41, 5.74) is 1.18. The van der Waals surface area contributed by atoms with Crippen molar-refractivity contribution in [2.45, 2.75) is 13.0 Å². The topological polar surface area (TPSA) is 59.1 Å². The number of methoxy groups -OCH3 is 2. The maximum Gasteiger partial charge on any atom is 0.254 e. The Kier molecular flexibility index (Phi) is 5.56. The summed E-state index contributed by atoms with van der Waals surface area (Å²) >= 11 is 5.98. The zero-order valence-corrected chi connectivity index (χ0v) is 16.2. The second kappa shape index (κ2) is 7.88. The fourth-order valence-electron chi connectivity index (χ4n) is 3.18. The molecule has 1 saturated heterocycles. The Morgan fingerprint density at radius 1 is 1.07 bits per heavy atom. The number of benzene rings is 2. The maximum atomic E-state index is 12.9. The molecule has 0 radical (unpaired) electrons. The van der Waals surface area contributed by atoms with Gasteiger partial charge in [-0.2, -0.15) is 0 Å². The number of amides is 2. The average Bonchev–Trinajstić information content (AvgIpc) is 2.69. The Labute approximate surface area is 163 Å². The number of hydrogen-bond acceptors (Lipinski definition) is 4. The van der Waals surface area contributed by atoms with Crippen LogP contribution < -0.4 is 14.4 Å². The summed E-state index contributed by atoms with van der Waals surface area (Å²) in [6, 6.07) is 11.5. The van der Waals surface area contributed by atoms with E-state index in [0.29, 0.717) is 40.9 Å². The predicted octanol–water partition coefficient (Wildman–Crippen LogP) is 3.23. The molecule has 0 spiro atoms. The molecule has 2 aromatic carbocycles. The number of halogens is 1. The summed E-state index contributed by atoms with van der Waals surface area (Å²) in [5.74, 6) is 0.790. The molecule has 1 heterocycles. The molecular formula is C20H21ClN2O4. The Morgan fingerprint density at radius 3 is 2.48 bits per heavy atom. The number of ether oxygens (including phenoxy) is 2. The van der Waals surface area contributed by atoms with E-state index < -0.39 is 6.04 Å². The van der Waals surface area contributed by atoms with Crippen LogP contribution in [-0.4, -0.2) is 50.1 Å². The quantitative estimate of drug-likeness (QED) is 0.806. The van der Waals surface area contributed by atoms with E-state index in [9.17, 15) is 9.59 Å². The van der Waals surface area contributed by atoms with Crippen LogP contribution in [-0.2, 0) is 4.79 Å². The van der Waals surface area contributed by atoms with Crippen molar-refractivity contribution in [2.75, 3.05) is 32.2 Å². The van der Waals surface area contributed by atoms with Gasteiger partial charge in [0.05, 0.1) is 14.2 Å². The minimum atomic E-state index is -0.585. The lowest BCUT2D eigenvalue weighted by Crippen LogP contribution is -2.57. The molecule has 0 saturated carbocycles. The summed E-state index contributed by atoms with van der Waals surface area (Å²) in [6.45, 7) is 2.55. The zero-order valence-electron chi connectivity index (χ0n) is 15.4. The molecule has 142 valence electrons. The molecule has 1 aliphatic heterocycles. The van der Waals surface area contributed by atoms with Crippen molar-refractivity contribution in [3.8, 4) is 11.5 Å². The monoisotopic (exact) mass is 388 g/mol. The van der Waals surface area contributed by atoms with Crippen LogP contribution >= 0.6 is 11.6 Å². The van der Waals surface area contributed by atoms with Gasteiger partial charge in [0, 0.05) is 35.4 Å². The third kappa shape index (κ3) is 3.71. The van der Waals surface area contributed by atoms with E-state index >= 15 is 0 Å². The summed E-state index contributed by atoms with van der Waals surface area (Å²) < 4.78 is 10.6. The smallest absolute Gasteiger partial charge is 0.254 e. The fraction of sp³-hybridized carbons (Fsp3) is 0.300. The van der Waals surface area contributed by atoms with Crippen LogP contribution in [0.15, 0.2) is 42.5 Å². The molecule has 6 nitrogen and oxygen atoms in total. The number of piperazine rings is 1. The molecule has 0 aromatic heterocycles. The van der Waals surface area contributed by atoms with E-state index in [-0.39, 0.29) is 11.8 Å². The van der Waals surface area contributed by atoms with Crippen molar-refractivity contribution in [3.63, 3.8) is 0 Å². The van der Waals surface area contributed by atoms with E-state index in [4.69, 9.17) is 21.1 Å². The van der Waals surface area contributed by atoms with E-state index in [1.807, 2.05) is 0 Å². The van der Waals surface area contributed by atoms with Crippen LogP contribution in [0.4, 0.5) is 5.69 Å². The summed E-state index contributed by atoms with van der Waals surface area (Å²) in [6.07, 6.45) is 0. The van der Waals surface area contributed by atoms with Gasteiger partial charge >= 0.3 is 0 Å². The van der Waals surface area contributed by atoms with Gasteiger partial charge in [-0.3, -0.25) is 9.59 Å². The summed E-state index contributed by atoms with van der Waals surface area (Å²) in [7, 11) is 3.11. The number of hydrogen-bond donors (Lipinski definition) is 0. The maximum absolute atomic E-state index is 12.9. The molecule has 1 fully saturated rings. The van der Waals surface area contributed by atoms with Gasteiger partial charge in [0.2, 0.25) is 5.91 Å². The molecule has 2 amide bonds. The summed E-state index contributed by atoms with van der Waals surface area (Å²) in [5, 5.41) is 0.490. The Balaban J connectivity index is 1.81. The summed E-state index contributed by atoms with van der Waals surface area (Å²) in [4.78, 5) is 29.0. The lowest BCUT2D eigenvalue weighted by molar-refractivity contribution is -0.124. The van der Waals surface area contributed by atoms with E-state index in [1.165, 1.54) is 0 Å². The highest BCUT2D eigenvalue weighted by Crippen LogP contribution is 2.32. The van der Waals surface area contributed by atoms with Gasteiger partial charge in [-0.15, -0.1) is 0 Å². The highest BCUT2D eigenvalue weighted by molar-refractivity contribution is 6.31. The number of carbonyl (C=O) groups excluding carboxylic acids is 2. The van der Waals surface area contributed by atoms with E-state index in [2.05, 4.69) is 0 Å². The van der Waals surface area contributed by atoms with Crippen LogP contribution in [0.3, 0.4) is 0 Å². The third-order valence-electron chi connectivity index (χ3n) is 4.67. The van der Waals surface area contributed by atoms with Gasteiger partial charge in [-0.25, -0.2) is 0 Å². The molecule has 7 heteroatoms. The van der Waals surface area contributed by atoms with Gasteiger partial charge in [-0.1, -0.05) is 17.7 Å². The van der Waals surface area contributed by atoms with Crippen molar-refractivity contribution >= 4 is 29.1 Å². The lowest BCUT2D eigenvalue weighted by Gasteiger charge is -2.39. The first-order chi connectivity index (χ1) is 13.0. The highest BCUT2D eigenvalue weighted by atomic mass is 35.5. The SMILES string of the molecule is COc1ccc(N2CCN(C(=O)c3cccc(Cl)c3)C(C)C2=O)cc1OC. The average molecular weight is 389 g/mol. The molecular weight excluding hydrogens is 368 g/mol. The molecule has 0 aliphatic carbocycles. The largest absolute Gasteiger partial charge is 0.493 e. The normalized spacial score (nSPS) is 17.0. The van der Waals surface area contributed by atoms with Crippen LogP contribution in [0.5, 0.6) is 11.5 Å². The van der Waals surface area contributed by atoms with Gasteiger partial charge in [0.1, 0.15) is 6.04 Å². The minimum Gasteiger partial charge on any atom is -0.493 e. The first-order valence-corrected chi connectivity index (χ1v) is 8.94. The van der Waals surface area contributed by atoms with Gasteiger partial charge in [-0.05, 0) is 37.3 Å². The standard InChI is InChI=1S/C20H21ClN2O4/c1-13-19(24)23(16-7-8-17(26-2)18(12-16)27-3)10-9-22(13)20(25)14-5-4-6-15(21)11-14/h4-8,11-13H,9-10H2,1-3H3. The number of rotatable bonds is 4. The van der Waals surface area contributed by atoms with Crippen molar-refractivity contribution in [2.24, 2.45) is 0 Å². The second-order valence-corrected chi connectivity index (χ2v) is 6.65. The van der Waals surface area contributed by atoms with Crippen molar-refractivity contribution < 1.29 is 19.1 Å². The van der Waals surface area contributed by atoms with Gasteiger partial charge in [0.15, 0.2) is 11.5 Å². The molecule has 1 aliphatic rings. The van der Waals surface area contributed by atoms with Crippen molar-refractivity contribution in [1.82, 2.24) is 4.90 Å². The van der Waals surface area contributed by atoms with E-state index in [1.54, 1.807) is 73.4 Å². The Bertz CT molecular complexity index is 871. The first kappa shape index (κ1) is 19.0. The predicted molar refractivity (Wildman–Crippen MR) is 104 cm³/mol. The van der Waals surface area contributed by atoms with Crippen molar-refractivity contribution in [1.29, 1.82) is 0 Å². The van der Waals surface area contributed by atoms with Crippen LogP contribution in [0.1, 0.15) is 17.3 Å². The highest BCUT2D eigenvalue weighted by Gasteiger charge is 2.35. The van der Waals surface area contributed by atoms with E-state index in [0.717, 1.165) is 0 Å². The number of nitrogens with zero attached hydrogens (tertiary/aromatic N) is 2. The fourth-order valence-corrected chi connectivity index (χ4v) is 3.37. The second-order valence-electron chi connectivity index (χ2n) is 6.21. The first-order valence-electron chi connectivity index (χ1n) is 8.56. The molecule has 2 aromatic rings. The molecule has 1 atom stereocenters. The lowest BCUT2D eigenvalue weighted by atomic mass is 10.1. The number of carbonyl (C=O) groups is 2. The van der Waals surface area contributed by atoms with Crippen LogP contribution in [0.25, 0.3) is 0 Å². The molecule has 0 bridgehead atoms. The molecule has 1 unspecified atom stereocenters. The molecule has 27 heavy (non-hydrogen) atoms. The Hall–Kier alpha value is -2.73. The van der Waals surface area contributed by atoms with Crippen LogP contribution in [0.2, 0.25) is 5.02 Å². The minimum absolute atomic E-state index is 0.149. The molecule has 3 rings (SSSR count).